The fourth-order valence-corrected chi connectivity index (χ4v) is 10.7. The van der Waals surface area contributed by atoms with Crippen molar-refractivity contribution in [3.05, 3.63) is 93.0 Å². The van der Waals surface area contributed by atoms with Crippen LogP contribution in [0.15, 0.2) is 42.5 Å². The molecule has 2 aliphatic rings. The number of carbonyl (C=O) groups excluding carboxylic acids is 2. The number of hydrogen-bond acceptors (Lipinski definition) is 11. The molecule has 1 fully saturated rings. The van der Waals surface area contributed by atoms with Crippen molar-refractivity contribution in [2.24, 2.45) is 5.92 Å². The van der Waals surface area contributed by atoms with Gasteiger partial charge >= 0.3 is 12.4 Å². The Kier molecular flexibility index (Phi) is 16.1. The lowest BCUT2D eigenvalue weighted by molar-refractivity contribution is -0.143. The Hall–Kier alpha value is -5.82. The molecule has 2 amide bonds. The Bertz CT molecular complexity index is 3420. The number of likely N-dealkylation sites (N-methyl/N-ethyl adjacent to an activating group) is 1. The number of fused-ring (bicyclic) bond motifs is 4. The number of alkyl halides is 8. The number of sulfonamides is 1. The molecule has 0 saturated heterocycles. The van der Waals surface area contributed by atoms with E-state index in [9.17, 15) is 61.5 Å². The van der Waals surface area contributed by atoms with Gasteiger partial charge in [-0.3, -0.25) is 23.9 Å². The average Bonchev–Trinajstić information content (AvgIpc) is 3.81. The van der Waals surface area contributed by atoms with Crippen molar-refractivity contribution in [1.82, 2.24) is 39.7 Å². The number of carbonyl (C=O) groups is 2. The fourth-order valence-electron chi connectivity index (χ4n) is 9.33. The van der Waals surface area contributed by atoms with E-state index in [4.69, 9.17) is 11.6 Å². The molecule has 1 N–H and O–H groups in total. The Morgan fingerprint density at radius 1 is 0.909 bits per heavy atom. The van der Waals surface area contributed by atoms with Gasteiger partial charge in [-0.2, -0.15) is 49.6 Å². The Balaban J connectivity index is 1.48. The molecule has 3 aromatic heterocycles. The Morgan fingerprint density at radius 2 is 1.55 bits per heavy atom. The summed E-state index contributed by atoms with van der Waals surface area (Å²) in [6.07, 6.45) is -8.68. The zero-order valence-corrected chi connectivity index (χ0v) is 44.9. The topological polar surface area (TPSA) is 173 Å². The molecule has 0 radical (unpaired) electrons. The number of benzene rings is 2. The molecule has 0 aliphatic heterocycles. The highest BCUT2D eigenvalue weighted by molar-refractivity contribution is 7.93. The standard InChI is InChI=1S/C49H52ClF10N9O6S2/c1-46(2,76(7,72)73)17-16-29-12-13-30(31-14-15-34(50)39-41(31)68(25-47(53,54)55)64-44(39)69(77(8,74)75)45(71)36(66(5)6)11-9-10-18-65(3)4)40(61-29)35(21-26-19-27(51)22-28(52)20-26)62-37(70)24-67-43-38(42(63-67)49(58,59)60)32-23-33(32)48(43,56)57/h12-15,19-20,22,32-33,35-36H,9-11,18,21,23-25H2,1-8H3,(H,62,70)/t32-,33+,35-,36-/m0/s1. The van der Waals surface area contributed by atoms with E-state index in [2.05, 4.69) is 32.3 Å². The van der Waals surface area contributed by atoms with Gasteiger partial charge in [-0.15, -0.1) is 0 Å². The first-order chi connectivity index (χ1) is 35.4. The number of aromatic nitrogens is 5. The fraction of sp³-hybridized carbons (Fsp3) is 0.490. The largest absolute Gasteiger partial charge is 0.435 e. The molecule has 28 heteroatoms. The number of sulfone groups is 1. The summed E-state index contributed by atoms with van der Waals surface area (Å²) in [5, 5.41) is 9.04. The van der Waals surface area contributed by atoms with Crippen molar-refractivity contribution in [1.29, 1.82) is 0 Å². The molecule has 1 saturated carbocycles. The van der Waals surface area contributed by atoms with Gasteiger partial charge in [-0.1, -0.05) is 30.0 Å². The quantitative estimate of drug-likeness (QED) is 0.0509. The van der Waals surface area contributed by atoms with Gasteiger partial charge in [0.25, 0.3) is 11.8 Å². The molecule has 418 valence electrons. The Morgan fingerprint density at radius 3 is 2.12 bits per heavy atom. The molecule has 5 aromatic rings. The van der Waals surface area contributed by atoms with E-state index in [1.807, 2.05) is 19.0 Å². The van der Waals surface area contributed by atoms with Gasteiger partial charge in [0.2, 0.25) is 15.9 Å². The maximum Gasteiger partial charge on any atom is 0.435 e. The number of halogens is 11. The van der Waals surface area contributed by atoms with Crippen molar-refractivity contribution in [3.63, 3.8) is 0 Å². The number of hydrogen-bond donors (Lipinski definition) is 1. The average molecular weight is 1150 g/mol. The van der Waals surface area contributed by atoms with Crippen LogP contribution in [0.25, 0.3) is 22.0 Å². The lowest BCUT2D eigenvalue weighted by Crippen LogP contribution is -2.48. The normalized spacial score (nSPS) is 17.3. The number of unbranched alkanes of at least 4 members (excludes halogenated alkanes) is 1. The second-order valence-corrected chi connectivity index (χ2v) is 25.0. The van der Waals surface area contributed by atoms with Crippen LogP contribution in [0.2, 0.25) is 5.02 Å². The van der Waals surface area contributed by atoms with Crippen LogP contribution in [0.3, 0.4) is 0 Å². The maximum absolute atomic E-state index is 15.7. The van der Waals surface area contributed by atoms with Crippen molar-refractivity contribution in [3.8, 4) is 23.0 Å². The third kappa shape index (κ3) is 12.6. The summed E-state index contributed by atoms with van der Waals surface area (Å²) >= 11 is 6.79. The van der Waals surface area contributed by atoms with Crippen LogP contribution in [0.1, 0.15) is 85.4 Å². The number of anilines is 1. The van der Waals surface area contributed by atoms with Crippen molar-refractivity contribution >= 4 is 60.0 Å². The minimum atomic E-state index is -5.22. The molecule has 4 atom stereocenters. The van der Waals surface area contributed by atoms with Gasteiger partial charge in [0.1, 0.15) is 40.9 Å². The van der Waals surface area contributed by atoms with Crippen LogP contribution >= 0.6 is 11.6 Å². The van der Waals surface area contributed by atoms with Crippen molar-refractivity contribution in [2.45, 2.75) is 100 Å². The monoisotopic (exact) mass is 1150 g/mol. The number of nitrogens with zero attached hydrogens (tertiary/aromatic N) is 8. The predicted molar refractivity (Wildman–Crippen MR) is 265 cm³/mol. The lowest BCUT2D eigenvalue weighted by Gasteiger charge is -2.28. The highest BCUT2D eigenvalue weighted by Gasteiger charge is 2.68. The number of pyridine rings is 1. The highest BCUT2D eigenvalue weighted by Crippen LogP contribution is 2.68. The molecular weight excluding hydrogens is 1100 g/mol. The molecule has 0 bridgehead atoms. The third-order valence-electron chi connectivity index (χ3n) is 13.3. The minimum absolute atomic E-state index is 0.0929. The van der Waals surface area contributed by atoms with E-state index in [-0.39, 0.29) is 44.2 Å². The van der Waals surface area contributed by atoms with E-state index in [0.717, 1.165) is 30.5 Å². The lowest BCUT2D eigenvalue weighted by atomic mass is 9.93. The molecule has 15 nitrogen and oxygen atoms in total. The molecule has 2 aromatic carbocycles. The summed E-state index contributed by atoms with van der Waals surface area (Å²) < 4.78 is 200. The van der Waals surface area contributed by atoms with E-state index < -0.39 is 154 Å². The van der Waals surface area contributed by atoms with Gasteiger partial charge < -0.3 is 10.2 Å². The summed E-state index contributed by atoms with van der Waals surface area (Å²) in [4.78, 5) is 36.8. The van der Waals surface area contributed by atoms with Gasteiger partial charge in [0.15, 0.2) is 21.3 Å². The summed E-state index contributed by atoms with van der Waals surface area (Å²) in [5.74, 6) is -6.89. The van der Waals surface area contributed by atoms with Gasteiger partial charge in [-0.25, -0.2) is 30.6 Å². The van der Waals surface area contributed by atoms with Gasteiger partial charge in [0, 0.05) is 34.9 Å². The van der Waals surface area contributed by atoms with Gasteiger partial charge in [0.05, 0.1) is 40.0 Å². The first-order valence-corrected chi connectivity index (χ1v) is 27.7. The van der Waals surface area contributed by atoms with Crippen LogP contribution in [0.4, 0.5) is 49.7 Å². The Labute approximate surface area is 441 Å². The molecule has 7 rings (SSSR count). The third-order valence-corrected chi connectivity index (χ3v) is 16.6. The van der Waals surface area contributed by atoms with Crippen LogP contribution in [-0.2, 0) is 61.1 Å². The summed E-state index contributed by atoms with van der Waals surface area (Å²) in [5.41, 5.74) is -5.66. The zero-order valence-electron chi connectivity index (χ0n) is 42.5. The van der Waals surface area contributed by atoms with Crippen LogP contribution in [0, 0.1) is 29.4 Å². The van der Waals surface area contributed by atoms with E-state index in [0.29, 0.717) is 36.4 Å². The first kappa shape index (κ1) is 58.9. The predicted octanol–water partition coefficient (Wildman–Crippen LogP) is 8.25. The minimum Gasteiger partial charge on any atom is -0.346 e. The van der Waals surface area contributed by atoms with E-state index in [1.54, 1.807) is 0 Å². The molecule has 2 aliphatic carbocycles. The summed E-state index contributed by atoms with van der Waals surface area (Å²) in [7, 11) is -2.04. The number of amides is 2. The second-order valence-electron chi connectivity index (χ2n) is 20.2. The number of rotatable bonds is 18. The zero-order chi connectivity index (χ0) is 57.3. The summed E-state index contributed by atoms with van der Waals surface area (Å²) in [6, 6.07) is 3.85. The van der Waals surface area contributed by atoms with Gasteiger partial charge in [-0.05, 0) is 122 Å². The van der Waals surface area contributed by atoms with E-state index >= 15 is 8.78 Å². The van der Waals surface area contributed by atoms with Crippen LogP contribution < -0.4 is 9.62 Å². The van der Waals surface area contributed by atoms with Crippen LogP contribution in [-0.4, -0.2) is 127 Å². The number of nitrogens with one attached hydrogen (secondary N) is 1. The van der Waals surface area contributed by atoms with Crippen molar-refractivity contribution in [2.75, 3.05) is 51.6 Å². The summed E-state index contributed by atoms with van der Waals surface area (Å²) in [6.45, 7) is -0.118. The molecular formula is C49H52ClF10N9O6S2. The first-order valence-electron chi connectivity index (χ1n) is 23.6. The van der Waals surface area contributed by atoms with Crippen LogP contribution in [0.5, 0.6) is 0 Å². The SMILES string of the molecule is CN(C)CCCC[C@@H](C(=O)N(c1nn(CC(F)(F)F)c2c(-c3ccc(C#CC(C)(C)S(C)(=O)=O)nc3[C@H](Cc3cc(F)cc(F)c3)NC(=O)Cn3nc(C(F)(F)F)c4c3C(F)(F)[C@@H]3C[C@H]43)ccc(Cl)c12)S(C)(=O)=O)N(C)C. The molecule has 0 unspecified atom stereocenters. The molecule has 77 heavy (non-hydrogen) atoms. The maximum atomic E-state index is 15.7. The van der Waals surface area contributed by atoms with E-state index in [1.165, 1.54) is 45.0 Å². The molecule has 3 heterocycles. The molecule has 0 spiro atoms. The second kappa shape index (κ2) is 21.1. The van der Waals surface area contributed by atoms with Crippen molar-refractivity contribution < 1.29 is 70.3 Å². The smallest absolute Gasteiger partial charge is 0.346 e. The highest BCUT2D eigenvalue weighted by atomic mass is 35.5.